The van der Waals surface area contributed by atoms with Gasteiger partial charge in [-0.3, -0.25) is 4.98 Å². The lowest BCUT2D eigenvalue weighted by Crippen LogP contribution is -2.06. The van der Waals surface area contributed by atoms with Gasteiger partial charge < -0.3 is 10.1 Å². The summed E-state index contributed by atoms with van der Waals surface area (Å²) in [5.74, 6) is -0.111. The van der Waals surface area contributed by atoms with Gasteiger partial charge in [0.1, 0.15) is 5.82 Å². The maximum absolute atomic E-state index is 11.4. The Balaban J connectivity index is 2.26. The Morgan fingerprint density at radius 3 is 2.84 bits per heavy atom. The van der Waals surface area contributed by atoms with Crippen LogP contribution in [-0.4, -0.2) is 23.0 Å². The Labute approximate surface area is 115 Å². The minimum Gasteiger partial charge on any atom is -0.464 e. The third-order valence-corrected chi connectivity index (χ3v) is 2.73. The van der Waals surface area contributed by atoms with E-state index in [-0.39, 0.29) is 5.69 Å². The van der Waals surface area contributed by atoms with Gasteiger partial charge in [-0.05, 0) is 24.6 Å². The van der Waals surface area contributed by atoms with Gasteiger partial charge in [-0.15, -0.1) is 0 Å². The van der Waals surface area contributed by atoms with Crippen LogP contribution >= 0.6 is 11.6 Å². The van der Waals surface area contributed by atoms with Crippen molar-refractivity contribution in [1.82, 2.24) is 9.97 Å². The molecule has 0 aliphatic heterocycles. The first-order valence-corrected chi connectivity index (χ1v) is 5.91. The summed E-state index contributed by atoms with van der Waals surface area (Å²) in [5.41, 5.74) is 1.89. The van der Waals surface area contributed by atoms with E-state index in [2.05, 4.69) is 20.0 Å². The Hall–Kier alpha value is -2.14. The summed E-state index contributed by atoms with van der Waals surface area (Å²) in [4.78, 5) is 19.4. The van der Waals surface area contributed by atoms with Crippen LogP contribution in [0.2, 0.25) is 5.02 Å². The number of hydrogen-bond acceptors (Lipinski definition) is 5. The van der Waals surface area contributed by atoms with E-state index in [4.69, 9.17) is 11.6 Å². The molecule has 0 bridgehead atoms. The van der Waals surface area contributed by atoms with Crippen LogP contribution in [0.1, 0.15) is 16.1 Å². The third kappa shape index (κ3) is 3.20. The first-order chi connectivity index (χ1) is 9.10. The molecule has 19 heavy (non-hydrogen) atoms. The number of halogens is 1. The summed E-state index contributed by atoms with van der Waals surface area (Å²) in [6, 6.07) is 5.59. The molecule has 6 heteroatoms. The van der Waals surface area contributed by atoms with E-state index in [1.165, 1.54) is 19.5 Å². The quantitative estimate of drug-likeness (QED) is 0.874. The van der Waals surface area contributed by atoms with Crippen LogP contribution < -0.4 is 5.32 Å². The molecule has 0 amide bonds. The Kier molecular flexibility index (Phi) is 3.97. The van der Waals surface area contributed by atoms with E-state index in [0.29, 0.717) is 16.5 Å². The fourth-order valence-electron chi connectivity index (χ4n) is 1.49. The first-order valence-electron chi connectivity index (χ1n) is 5.53. The average Bonchev–Trinajstić information content (AvgIpc) is 2.41. The van der Waals surface area contributed by atoms with Gasteiger partial charge in [-0.2, -0.15) is 0 Å². The fraction of sp³-hybridized carbons (Fsp3) is 0.154. The van der Waals surface area contributed by atoms with Gasteiger partial charge in [0, 0.05) is 0 Å². The van der Waals surface area contributed by atoms with Crippen LogP contribution in [0.25, 0.3) is 0 Å². The molecule has 0 spiro atoms. The zero-order valence-corrected chi connectivity index (χ0v) is 11.2. The minimum atomic E-state index is -0.536. The molecular formula is C13H12ClN3O2. The highest BCUT2D eigenvalue weighted by Crippen LogP contribution is 2.25. The highest BCUT2D eigenvalue weighted by Gasteiger charge is 2.09. The zero-order valence-electron chi connectivity index (χ0n) is 10.5. The number of nitrogens with one attached hydrogen (secondary N) is 1. The SMILES string of the molecule is COC(=O)c1cncc(Nc2ccc(C)cc2Cl)n1. The van der Waals surface area contributed by atoms with Crippen molar-refractivity contribution in [3.63, 3.8) is 0 Å². The van der Waals surface area contributed by atoms with Crippen molar-refractivity contribution in [2.75, 3.05) is 12.4 Å². The lowest BCUT2D eigenvalue weighted by atomic mass is 10.2. The summed E-state index contributed by atoms with van der Waals surface area (Å²) in [5, 5.41) is 3.58. The van der Waals surface area contributed by atoms with Crippen LogP contribution in [0.4, 0.5) is 11.5 Å². The van der Waals surface area contributed by atoms with Gasteiger partial charge in [-0.1, -0.05) is 17.7 Å². The molecule has 2 aromatic rings. The standard InChI is InChI=1S/C13H12ClN3O2/c1-8-3-4-10(9(14)5-8)16-12-7-15-6-11(17-12)13(18)19-2/h3-7H,1-2H3,(H,16,17). The van der Waals surface area contributed by atoms with E-state index in [0.717, 1.165) is 5.56 Å². The third-order valence-electron chi connectivity index (χ3n) is 2.42. The van der Waals surface area contributed by atoms with Crippen molar-refractivity contribution in [2.45, 2.75) is 6.92 Å². The van der Waals surface area contributed by atoms with Crippen LogP contribution in [0, 0.1) is 6.92 Å². The number of hydrogen-bond donors (Lipinski definition) is 1. The highest BCUT2D eigenvalue weighted by atomic mass is 35.5. The van der Waals surface area contributed by atoms with E-state index >= 15 is 0 Å². The molecule has 1 aromatic carbocycles. The number of nitrogens with zero attached hydrogens (tertiary/aromatic N) is 2. The zero-order chi connectivity index (χ0) is 13.8. The van der Waals surface area contributed by atoms with Crippen LogP contribution in [0.3, 0.4) is 0 Å². The Morgan fingerprint density at radius 1 is 1.37 bits per heavy atom. The lowest BCUT2D eigenvalue weighted by Gasteiger charge is -2.08. The molecule has 0 saturated heterocycles. The summed E-state index contributed by atoms with van der Waals surface area (Å²) in [6.07, 6.45) is 2.84. The monoisotopic (exact) mass is 277 g/mol. The van der Waals surface area contributed by atoms with Gasteiger partial charge in [-0.25, -0.2) is 9.78 Å². The van der Waals surface area contributed by atoms with E-state index < -0.39 is 5.97 Å². The Bertz CT molecular complexity index is 617. The highest BCUT2D eigenvalue weighted by molar-refractivity contribution is 6.33. The van der Waals surface area contributed by atoms with Gasteiger partial charge in [0.2, 0.25) is 0 Å². The number of methoxy groups -OCH3 is 1. The molecule has 5 nitrogen and oxygen atoms in total. The number of carbonyl (C=O) groups excluding carboxylic acids is 1. The summed E-state index contributed by atoms with van der Waals surface area (Å²) >= 11 is 6.11. The Morgan fingerprint density at radius 2 is 2.16 bits per heavy atom. The number of benzene rings is 1. The van der Waals surface area contributed by atoms with Gasteiger partial charge in [0.25, 0.3) is 0 Å². The van der Waals surface area contributed by atoms with E-state index in [1.807, 2.05) is 25.1 Å². The van der Waals surface area contributed by atoms with Crippen molar-refractivity contribution in [3.8, 4) is 0 Å². The number of anilines is 2. The fourth-order valence-corrected chi connectivity index (χ4v) is 1.77. The second kappa shape index (κ2) is 5.67. The van der Waals surface area contributed by atoms with Crippen molar-refractivity contribution in [1.29, 1.82) is 0 Å². The van der Waals surface area contributed by atoms with Crippen molar-refractivity contribution in [2.24, 2.45) is 0 Å². The molecule has 1 N–H and O–H groups in total. The number of carbonyl (C=O) groups is 1. The number of aryl methyl sites for hydroxylation is 1. The lowest BCUT2D eigenvalue weighted by molar-refractivity contribution is 0.0593. The molecule has 1 heterocycles. The summed E-state index contributed by atoms with van der Waals surface area (Å²) < 4.78 is 4.59. The molecule has 0 aliphatic carbocycles. The topological polar surface area (TPSA) is 64.1 Å². The maximum Gasteiger partial charge on any atom is 0.358 e. The predicted molar refractivity (Wildman–Crippen MR) is 72.8 cm³/mol. The second-order valence-electron chi connectivity index (χ2n) is 3.89. The molecular weight excluding hydrogens is 266 g/mol. The molecule has 0 radical (unpaired) electrons. The first kappa shape index (κ1) is 13.3. The molecule has 2 rings (SSSR count). The molecule has 98 valence electrons. The molecule has 0 unspecified atom stereocenters. The number of esters is 1. The smallest absolute Gasteiger partial charge is 0.358 e. The van der Waals surface area contributed by atoms with Gasteiger partial charge in [0.15, 0.2) is 5.69 Å². The molecule has 0 atom stereocenters. The van der Waals surface area contributed by atoms with Crippen molar-refractivity contribution < 1.29 is 9.53 Å². The largest absolute Gasteiger partial charge is 0.464 e. The van der Waals surface area contributed by atoms with Crippen molar-refractivity contribution >= 4 is 29.1 Å². The number of rotatable bonds is 3. The van der Waals surface area contributed by atoms with E-state index in [9.17, 15) is 4.79 Å². The van der Waals surface area contributed by atoms with Crippen LogP contribution in [0.5, 0.6) is 0 Å². The number of aromatic nitrogens is 2. The predicted octanol–water partition coefficient (Wildman–Crippen LogP) is 2.97. The van der Waals surface area contributed by atoms with E-state index in [1.54, 1.807) is 0 Å². The molecule has 0 aliphatic rings. The van der Waals surface area contributed by atoms with Crippen LogP contribution in [-0.2, 0) is 4.74 Å². The average molecular weight is 278 g/mol. The molecule has 1 aromatic heterocycles. The number of ether oxygens (including phenoxy) is 1. The second-order valence-corrected chi connectivity index (χ2v) is 4.30. The van der Waals surface area contributed by atoms with Gasteiger partial charge in [0.05, 0.1) is 30.2 Å². The summed E-state index contributed by atoms with van der Waals surface area (Å²) in [6.45, 7) is 1.95. The summed E-state index contributed by atoms with van der Waals surface area (Å²) in [7, 11) is 1.29. The molecule has 0 fully saturated rings. The van der Waals surface area contributed by atoms with Crippen molar-refractivity contribution in [3.05, 3.63) is 46.9 Å². The molecule has 0 saturated carbocycles. The maximum atomic E-state index is 11.4. The van der Waals surface area contributed by atoms with Gasteiger partial charge >= 0.3 is 5.97 Å². The van der Waals surface area contributed by atoms with Crippen LogP contribution in [0.15, 0.2) is 30.6 Å². The minimum absolute atomic E-state index is 0.135. The normalized spacial score (nSPS) is 10.1.